The highest BCUT2D eigenvalue weighted by Crippen LogP contribution is 2.37. The van der Waals surface area contributed by atoms with Gasteiger partial charge in [-0.05, 0) is 45.0 Å². The minimum atomic E-state index is 0.236. The number of nitrogens with one attached hydrogen (secondary N) is 1. The molecule has 0 bridgehead atoms. The van der Waals surface area contributed by atoms with Gasteiger partial charge in [0, 0.05) is 24.7 Å². The summed E-state index contributed by atoms with van der Waals surface area (Å²) in [4.78, 5) is 2.38. The van der Waals surface area contributed by atoms with Gasteiger partial charge < -0.3 is 24.8 Å². The summed E-state index contributed by atoms with van der Waals surface area (Å²) < 4.78 is 10.6. The summed E-state index contributed by atoms with van der Waals surface area (Å²) in [7, 11) is 2.18. The fourth-order valence-electron chi connectivity index (χ4n) is 2.97. The van der Waals surface area contributed by atoms with Crippen molar-refractivity contribution < 1.29 is 14.6 Å². The van der Waals surface area contributed by atoms with E-state index in [1.54, 1.807) is 6.07 Å². The van der Waals surface area contributed by atoms with Crippen molar-refractivity contribution in [3.63, 3.8) is 0 Å². The number of nitrogens with zero attached hydrogens (tertiary/aromatic N) is 1. The van der Waals surface area contributed by atoms with E-state index in [1.807, 2.05) is 6.07 Å². The van der Waals surface area contributed by atoms with Gasteiger partial charge in [0.2, 0.25) is 6.79 Å². The van der Waals surface area contributed by atoms with Gasteiger partial charge in [-0.3, -0.25) is 0 Å². The van der Waals surface area contributed by atoms with Crippen LogP contribution in [-0.2, 0) is 6.54 Å². The van der Waals surface area contributed by atoms with E-state index in [0.29, 0.717) is 18.2 Å². The molecule has 1 aromatic rings. The number of piperidine rings is 1. The van der Waals surface area contributed by atoms with Crippen molar-refractivity contribution in [2.45, 2.75) is 19.4 Å². The highest BCUT2D eigenvalue weighted by atomic mass is 16.7. The van der Waals surface area contributed by atoms with E-state index in [0.717, 1.165) is 24.4 Å². The molecule has 1 fully saturated rings. The van der Waals surface area contributed by atoms with Gasteiger partial charge in [0.15, 0.2) is 11.5 Å². The summed E-state index contributed by atoms with van der Waals surface area (Å²) >= 11 is 0. The number of likely N-dealkylation sites (tertiary alicyclic amines) is 1. The van der Waals surface area contributed by atoms with Crippen molar-refractivity contribution in [1.29, 1.82) is 0 Å². The topological polar surface area (TPSA) is 54.0 Å². The number of phenols is 1. The molecule has 5 heteroatoms. The first kappa shape index (κ1) is 13.5. The molecule has 2 aliphatic heterocycles. The van der Waals surface area contributed by atoms with Crippen molar-refractivity contribution in [2.24, 2.45) is 5.92 Å². The molecule has 0 spiro atoms. The molecule has 1 atom stereocenters. The van der Waals surface area contributed by atoms with Crippen molar-refractivity contribution in [3.8, 4) is 17.2 Å². The lowest BCUT2D eigenvalue weighted by molar-refractivity contribution is 0.174. The monoisotopic (exact) mass is 278 g/mol. The number of phenolic OH excluding ortho intramolecular Hbond substituents is 1. The second kappa shape index (κ2) is 5.89. The Morgan fingerprint density at radius 3 is 2.95 bits per heavy atom. The summed E-state index contributed by atoms with van der Waals surface area (Å²) in [5, 5.41) is 13.4. The maximum atomic E-state index is 9.97. The van der Waals surface area contributed by atoms with Gasteiger partial charge in [-0.2, -0.15) is 0 Å². The Kier molecular flexibility index (Phi) is 3.98. The summed E-state index contributed by atoms with van der Waals surface area (Å²) in [5.41, 5.74) is 0.860. The van der Waals surface area contributed by atoms with Crippen LogP contribution in [0.3, 0.4) is 0 Å². The number of benzene rings is 1. The van der Waals surface area contributed by atoms with Crippen LogP contribution in [0, 0.1) is 5.92 Å². The Morgan fingerprint density at radius 2 is 2.15 bits per heavy atom. The highest BCUT2D eigenvalue weighted by Gasteiger charge is 2.18. The van der Waals surface area contributed by atoms with Crippen LogP contribution in [0.5, 0.6) is 17.2 Å². The maximum Gasteiger partial charge on any atom is 0.231 e. The molecule has 1 saturated heterocycles. The largest absolute Gasteiger partial charge is 0.507 e. The van der Waals surface area contributed by atoms with Gasteiger partial charge >= 0.3 is 0 Å². The minimum absolute atomic E-state index is 0.236. The first-order valence-electron chi connectivity index (χ1n) is 7.23. The van der Waals surface area contributed by atoms with E-state index in [9.17, 15) is 5.11 Å². The van der Waals surface area contributed by atoms with E-state index >= 15 is 0 Å². The van der Waals surface area contributed by atoms with Gasteiger partial charge in [0.05, 0.1) is 0 Å². The van der Waals surface area contributed by atoms with Crippen molar-refractivity contribution in [1.82, 2.24) is 10.2 Å². The van der Waals surface area contributed by atoms with Crippen LogP contribution in [-0.4, -0.2) is 43.5 Å². The van der Waals surface area contributed by atoms with Crippen LogP contribution in [0.25, 0.3) is 0 Å². The van der Waals surface area contributed by atoms with Crippen LogP contribution in [0.2, 0.25) is 0 Å². The van der Waals surface area contributed by atoms with E-state index in [1.165, 1.54) is 19.4 Å². The third-order valence-electron chi connectivity index (χ3n) is 4.04. The van der Waals surface area contributed by atoms with E-state index in [-0.39, 0.29) is 12.5 Å². The van der Waals surface area contributed by atoms with Crippen molar-refractivity contribution >= 4 is 0 Å². The van der Waals surface area contributed by atoms with Crippen LogP contribution >= 0.6 is 0 Å². The molecular weight excluding hydrogens is 256 g/mol. The smallest absolute Gasteiger partial charge is 0.231 e. The van der Waals surface area contributed by atoms with Gasteiger partial charge in [0.1, 0.15) is 5.75 Å². The standard InChI is InChI=1S/C15H22N2O3/c1-17-4-2-3-11(9-17)7-16-8-12-5-14-15(6-13(12)18)20-10-19-14/h5-6,11,16,18H,2-4,7-10H2,1H3. The molecule has 3 rings (SSSR count). The zero-order chi connectivity index (χ0) is 13.9. The molecule has 2 N–H and O–H groups in total. The summed E-state index contributed by atoms with van der Waals surface area (Å²) in [5.74, 6) is 2.31. The Labute approximate surface area is 119 Å². The number of rotatable bonds is 4. The first-order chi connectivity index (χ1) is 9.72. The van der Waals surface area contributed by atoms with Crippen LogP contribution in [0.1, 0.15) is 18.4 Å². The quantitative estimate of drug-likeness (QED) is 0.875. The molecule has 0 aromatic heterocycles. The molecule has 5 nitrogen and oxygen atoms in total. The highest BCUT2D eigenvalue weighted by molar-refractivity contribution is 5.51. The summed E-state index contributed by atoms with van der Waals surface area (Å²) in [6.45, 7) is 4.24. The second-order valence-electron chi connectivity index (χ2n) is 5.74. The molecule has 20 heavy (non-hydrogen) atoms. The SMILES string of the molecule is CN1CCCC(CNCc2cc3c(cc2O)OCO3)C1. The van der Waals surface area contributed by atoms with Gasteiger partial charge in [-0.1, -0.05) is 0 Å². The molecule has 1 unspecified atom stereocenters. The van der Waals surface area contributed by atoms with Crippen molar-refractivity contribution in [3.05, 3.63) is 17.7 Å². The Bertz CT molecular complexity index is 478. The maximum absolute atomic E-state index is 9.97. The predicted octanol–water partition coefficient (Wildman–Crippen LogP) is 1.55. The normalized spacial score (nSPS) is 22.1. The van der Waals surface area contributed by atoms with Gasteiger partial charge in [-0.15, -0.1) is 0 Å². The molecule has 1 aromatic carbocycles. The third-order valence-corrected chi connectivity index (χ3v) is 4.04. The average Bonchev–Trinajstić information content (AvgIpc) is 2.86. The second-order valence-corrected chi connectivity index (χ2v) is 5.74. The number of ether oxygens (including phenoxy) is 2. The number of fused-ring (bicyclic) bond motifs is 1. The van der Waals surface area contributed by atoms with Crippen LogP contribution < -0.4 is 14.8 Å². The zero-order valence-electron chi connectivity index (χ0n) is 11.9. The minimum Gasteiger partial charge on any atom is -0.507 e. The summed E-state index contributed by atoms with van der Waals surface area (Å²) in [6.07, 6.45) is 2.56. The summed E-state index contributed by atoms with van der Waals surface area (Å²) in [6, 6.07) is 3.49. The molecule has 0 aliphatic carbocycles. The fourth-order valence-corrected chi connectivity index (χ4v) is 2.97. The van der Waals surface area contributed by atoms with Crippen LogP contribution in [0.15, 0.2) is 12.1 Å². The first-order valence-corrected chi connectivity index (χ1v) is 7.23. The number of aromatic hydroxyl groups is 1. The van der Waals surface area contributed by atoms with Gasteiger partial charge in [0.25, 0.3) is 0 Å². The zero-order valence-corrected chi connectivity index (χ0v) is 11.9. The lowest BCUT2D eigenvalue weighted by Crippen LogP contribution is -2.37. The van der Waals surface area contributed by atoms with Gasteiger partial charge in [-0.25, -0.2) is 0 Å². The van der Waals surface area contributed by atoms with Crippen molar-refractivity contribution in [2.75, 3.05) is 33.5 Å². The fraction of sp³-hybridized carbons (Fsp3) is 0.600. The predicted molar refractivity (Wildman–Crippen MR) is 76.2 cm³/mol. The van der Waals surface area contributed by atoms with E-state index < -0.39 is 0 Å². The molecule has 2 aliphatic rings. The average molecular weight is 278 g/mol. The lowest BCUT2D eigenvalue weighted by atomic mass is 9.98. The Balaban J connectivity index is 1.53. The Hall–Kier alpha value is -1.46. The third kappa shape index (κ3) is 2.99. The molecule has 0 saturated carbocycles. The number of hydrogen-bond donors (Lipinski definition) is 2. The van der Waals surface area contributed by atoms with E-state index in [4.69, 9.17) is 9.47 Å². The lowest BCUT2D eigenvalue weighted by Gasteiger charge is -2.29. The van der Waals surface area contributed by atoms with Crippen LogP contribution in [0.4, 0.5) is 0 Å². The molecule has 110 valence electrons. The molecule has 0 amide bonds. The molecule has 0 radical (unpaired) electrons. The Morgan fingerprint density at radius 1 is 1.35 bits per heavy atom. The molecule has 2 heterocycles. The van der Waals surface area contributed by atoms with E-state index in [2.05, 4.69) is 17.3 Å². The molecular formula is C15H22N2O3. The number of hydrogen-bond acceptors (Lipinski definition) is 5.